The van der Waals surface area contributed by atoms with Gasteiger partial charge in [-0.2, -0.15) is 0 Å². The van der Waals surface area contributed by atoms with Gasteiger partial charge in [0.2, 0.25) is 5.91 Å². The SMILES string of the molecule is CCCCN1C(=O)CN(CC)C1=O. The van der Waals surface area contributed by atoms with Crippen molar-refractivity contribution in [2.75, 3.05) is 19.6 Å². The van der Waals surface area contributed by atoms with Crippen LogP contribution in [0.3, 0.4) is 0 Å². The third-order valence-corrected chi connectivity index (χ3v) is 2.25. The molecule has 13 heavy (non-hydrogen) atoms. The summed E-state index contributed by atoms with van der Waals surface area (Å²) >= 11 is 0. The molecule has 0 spiro atoms. The number of rotatable bonds is 4. The Labute approximate surface area is 78.5 Å². The monoisotopic (exact) mass is 184 g/mol. The van der Waals surface area contributed by atoms with Crippen LogP contribution in [0.1, 0.15) is 26.7 Å². The molecule has 1 saturated heterocycles. The van der Waals surface area contributed by atoms with Gasteiger partial charge >= 0.3 is 6.03 Å². The highest BCUT2D eigenvalue weighted by Crippen LogP contribution is 2.10. The van der Waals surface area contributed by atoms with Gasteiger partial charge in [-0.1, -0.05) is 13.3 Å². The van der Waals surface area contributed by atoms with E-state index < -0.39 is 0 Å². The summed E-state index contributed by atoms with van der Waals surface area (Å²) < 4.78 is 0. The summed E-state index contributed by atoms with van der Waals surface area (Å²) in [7, 11) is 0. The van der Waals surface area contributed by atoms with Gasteiger partial charge in [-0.3, -0.25) is 9.69 Å². The summed E-state index contributed by atoms with van der Waals surface area (Å²) in [4.78, 5) is 25.7. The Hall–Kier alpha value is -1.06. The molecule has 0 aliphatic carbocycles. The highest BCUT2D eigenvalue weighted by Gasteiger charge is 2.33. The molecule has 1 rings (SSSR count). The number of imide groups is 1. The van der Waals surface area contributed by atoms with E-state index in [1.807, 2.05) is 13.8 Å². The molecule has 4 heteroatoms. The quantitative estimate of drug-likeness (QED) is 0.613. The Bertz CT molecular complexity index is 216. The zero-order valence-electron chi connectivity index (χ0n) is 8.25. The molecule has 0 aromatic carbocycles. The second-order valence-corrected chi connectivity index (χ2v) is 3.20. The normalized spacial score (nSPS) is 17.4. The van der Waals surface area contributed by atoms with Gasteiger partial charge in [-0.25, -0.2) is 4.79 Å². The lowest BCUT2D eigenvalue weighted by Crippen LogP contribution is -2.33. The van der Waals surface area contributed by atoms with Crippen molar-refractivity contribution in [2.45, 2.75) is 26.7 Å². The van der Waals surface area contributed by atoms with Crippen LogP contribution in [0.2, 0.25) is 0 Å². The van der Waals surface area contributed by atoms with Crippen LogP contribution in [0.4, 0.5) is 4.79 Å². The van der Waals surface area contributed by atoms with Gasteiger partial charge in [-0.05, 0) is 13.3 Å². The van der Waals surface area contributed by atoms with Crippen LogP contribution in [0.5, 0.6) is 0 Å². The van der Waals surface area contributed by atoms with Crippen molar-refractivity contribution in [3.63, 3.8) is 0 Å². The fourth-order valence-corrected chi connectivity index (χ4v) is 1.38. The van der Waals surface area contributed by atoms with Crippen molar-refractivity contribution >= 4 is 11.9 Å². The molecule has 0 radical (unpaired) electrons. The predicted molar refractivity (Wildman–Crippen MR) is 49.3 cm³/mol. The Kier molecular flexibility index (Phi) is 3.28. The first kappa shape index (κ1) is 10.0. The van der Waals surface area contributed by atoms with E-state index in [0.717, 1.165) is 12.8 Å². The van der Waals surface area contributed by atoms with Crippen LogP contribution in [0.15, 0.2) is 0 Å². The largest absolute Gasteiger partial charge is 0.327 e. The average Bonchev–Trinajstić information content (AvgIpc) is 2.39. The molecule has 4 nitrogen and oxygen atoms in total. The number of hydrogen-bond donors (Lipinski definition) is 0. The molecular formula is C9H16N2O2. The molecule has 0 aromatic rings. The highest BCUT2D eigenvalue weighted by molar-refractivity contribution is 6.01. The Morgan fingerprint density at radius 1 is 1.31 bits per heavy atom. The van der Waals surface area contributed by atoms with Crippen molar-refractivity contribution in [1.82, 2.24) is 9.80 Å². The lowest BCUT2D eigenvalue weighted by molar-refractivity contribution is -0.125. The minimum atomic E-state index is -0.124. The van der Waals surface area contributed by atoms with E-state index in [1.165, 1.54) is 4.90 Å². The molecule has 0 unspecified atom stereocenters. The summed E-state index contributed by atoms with van der Waals surface area (Å²) in [6, 6.07) is -0.124. The smallest absolute Gasteiger partial charge is 0.315 e. The van der Waals surface area contributed by atoms with Gasteiger partial charge in [0, 0.05) is 13.1 Å². The number of urea groups is 1. The topological polar surface area (TPSA) is 40.6 Å². The lowest BCUT2D eigenvalue weighted by atomic mass is 10.3. The van der Waals surface area contributed by atoms with Crippen LogP contribution in [-0.2, 0) is 4.79 Å². The second kappa shape index (κ2) is 4.25. The van der Waals surface area contributed by atoms with Gasteiger partial charge in [0.25, 0.3) is 0 Å². The molecule has 1 heterocycles. The van der Waals surface area contributed by atoms with E-state index in [1.54, 1.807) is 4.90 Å². The molecule has 3 amide bonds. The van der Waals surface area contributed by atoms with Gasteiger partial charge in [0.05, 0.1) is 0 Å². The van der Waals surface area contributed by atoms with Crippen molar-refractivity contribution in [2.24, 2.45) is 0 Å². The maximum absolute atomic E-state index is 11.5. The van der Waals surface area contributed by atoms with Gasteiger partial charge in [-0.15, -0.1) is 0 Å². The van der Waals surface area contributed by atoms with Crippen LogP contribution in [0.25, 0.3) is 0 Å². The Morgan fingerprint density at radius 2 is 2.00 bits per heavy atom. The standard InChI is InChI=1S/C9H16N2O2/c1-3-5-6-11-8(12)7-10(4-2)9(11)13/h3-7H2,1-2H3. The van der Waals surface area contributed by atoms with Crippen LogP contribution in [-0.4, -0.2) is 41.4 Å². The number of unbranched alkanes of at least 4 members (excludes halogenated alkanes) is 1. The van der Waals surface area contributed by atoms with Crippen molar-refractivity contribution in [1.29, 1.82) is 0 Å². The van der Waals surface area contributed by atoms with Crippen molar-refractivity contribution in [3.05, 3.63) is 0 Å². The predicted octanol–water partition coefficient (Wildman–Crippen LogP) is 1.07. The number of carbonyl (C=O) groups excluding carboxylic acids is 2. The summed E-state index contributed by atoms with van der Waals surface area (Å²) in [5, 5.41) is 0. The van der Waals surface area contributed by atoms with E-state index in [-0.39, 0.29) is 18.5 Å². The number of likely N-dealkylation sites (N-methyl/N-ethyl adjacent to an activating group) is 1. The molecule has 0 bridgehead atoms. The van der Waals surface area contributed by atoms with Crippen LogP contribution < -0.4 is 0 Å². The number of carbonyl (C=O) groups is 2. The molecule has 0 saturated carbocycles. The van der Waals surface area contributed by atoms with E-state index in [4.69, 9.17) is 0 Å². The summed E-state index contributed by atoms with van der Waals surface area (Å²) in [6.07, 6.45) is 1.90. The zero-order valence-corrected chi connectivity index (χ0v) is 8.25. The van der Waals surface area contributed by atoms with Crippen molar-refractivity contribution in [3.8, 4) is 0 Å². The van der Waals surface area contributed by atoms with E-state index >= 15 is 0 Å². The average molecular weight is 184 g/mol. The molecule has 74 valence electrons. The highest BCUT2D eigenvalue weighted by atomic mass is 16.2. The van der Waals surface area contributed by atoms with Crippen molar-refractivity contribution < 1.29 is 9.59 Å². The first-order valence-electron chi connectivity index (χ1n) is 4.80. The fourth-order valence-electron chi connectivity index (χ4n) is 1.38. The minimum Gasteiger partial charge on any atom is -0.315 e. The maximum atomic E-state index is 11.5. The molecule has 0 N–H and O–H groups in total. The van der Waals surface area contributed by atoms with E-state index in [9.17, 15) is 9.59 Å². The minimum absolute atomic E-state index is 0.0553. The number of hydrogen-bond acceptors (Lipinski definition) is 2. The fraction of sp³-hybridized carbons (Fsp3) is 0.778. The summed E-state index contributed by atoms with van der Waals surface area (Å²) in [5.74, 6) is -0.0553. The third kappa shape index (κ3) is 1.99. The maximum Gasteiger partial charge on any atom is 0.327 e. The second-order valence-electron chi connectivity index (χ2n) is 3.20. The van der Waals surface area contributed by atoms with Gasteiger partial charge < -0.3 is 4.90 Å². The summed E-state index contributed by atoms with van der Waals surface area (Å²) in [6.45, 7) is 5.38. The lowest BCUT2D eigenvalue weighted by Gasteiger charge is -2.14. The van der Waals surface area contributed by atoms with Gasteiger partial charge in [0.15, 0.2) is 0 Å². The van der Waals surface area contributed by atoms with Crippen LogP contribution in [0, 0.1) is 0 Å². The molecule has 0 aromatic heterocycles. The zero-order chi connectivity index (χ0) is 9.84. The van der Waals surface area contributed by atoms with E-state index in [2.05, 4.69) is 0 Å². The first-order valence-corrected chi connectivity index (χ1v) is 4.80. The summed E-state index contributed by atoms with van der Waals surface area (Å²) in [5.41, 5.74) is 0. The number of amides is 3. The van der Waals surface area contributed by atoms with Gasteiger partial charge in [0.1, 0.15) is 6.54 Å². The van der Waals surface area contributed by atoms with E-state index in [0.29, 0.717) is 13.1 Å². The third-order valence-electron chi connectivity index (χ3n) is 2.25. The molecular weight excluding hydrogens is 168 g/mol. The number of nitrogens with zero attached hydrogens (tertiary/aromatic N) is 2. The molecule has 1 aliphatic rings. The molecule has 0 atom stereocenters. The Balaban J connectivity index is 2.54. The van der Waals surface area contributed by atoms with Crippen LogP contribution >= 0.6 is 0 Å². The molecule has 1 aliphatic heterocycles. The molecule has 1 fully saturated rings. The Morgan fingerprint density at radius 3 is 2.46 bits per heavy atom. The first-order chi connectivity index (χ1) is 6.20.